The lowest BCUT2D eigenvalue weighted by Crippen LogP contribution is -2.37. The second kappa shape index (κ2) is 10.0. The summed E-state index contributed by atoms with van der Waals surface area (Å²) in [6, 6.07) is 19.1. The van der Waals surface area contributed by atoms with Crippen molar-refractivity contribution < 1.29 is 14.3 Å². The van der Waals surface area contributed by atoms with E-state index >= 15 is 0 Å². The van der Waals surface area contributed by atoms with Crippen LogP contribution in [0.3, 0.4) is 0 Å². The molecule has 0 unspecified atom stereocenters. The van der Waals surface area contributed by atoms with Crippen molar-refractivity contribution in [1.82, 2.24) is 20.0 Å². The number of carbonyl (C=O) groups is 2. The van der Waals surface area contributed by atoms with Gasteiger partial charge in [-0.15, -0.1) is 0 Å². The van der Waals surface area contributed by atoms with Crippen LogP contribution >= 0.6 is 0 Å². The quantitative estimate of drug-likeness (QED) is 0.565. The molecule has 0 bridgehead atoms. The second-order valence-corrected chi connectivity index (χ2v) is 8.64. The minimum atomic E-state index is -0.372. The number of ether oxygens (including phenoxy) is 1. The number of benzene rings is 2. The van der Waals surface area contributed by atoms with Crippen LogP contribution in [-0.4, -0.2) is 52.3 Å². The SMILES string of the molecule is COC(=O)[C@@H]1C[C@@H](NC(=O)c2ccc(Cn3nc(C)cc3C)cc2)CN1Cc1ccccc1. The summed E-state index contributed by atoms with van der Waals surface area (Å²) in [6.07, 6.45) is 0.529. The van der Waals surface area contributed by atoms with Crippen LogP contribution in [0.1, 0.15) is 39.3 Å². The molecule has 0 saturated carbocycles. The van der Waals surface area contributed by atoms with Crippen molar-refractivity contribution in [2.75, 3.05) is 13.7 Å². The minimum absolute atomic E-state index is 0.125. The second-order valence-electron chi connectivity index (χ2n) is 8.64. The molecule has 1 aromatic heterocycles. The van der Waals surface area contributed by atoms with Gasteiger partial charge in [0.25, 0.3) is 5.91 Å². The van der Waals surface area contributed by atoms with E-state index in [0.29, 0.717) is 31.6 Å². The molecule has 2 atom stereocenters. The largest absolute Gasteiger partial charge is 0.468 e. The van der Waals surface area contributed by atoms with Gasteiger partial charge < -0.3 is 10.1 Å². The van der Waals surface area contributed by atoms with E-state index in [9.17, 15) is 9.59 Å². The maximum absolute atomic E-state index is 12.9. The van der Waals surface area contributed by atoms with Crippen LogP contribution < -0.4 is 5.32 Å². The molecule has 0 aliphatic carbocycles. The van der Waals surface area contributed by atoms with Gasteiger partial charge in [0.1, 0.15) is 6.04 Å². The van der Waals surface area contributed by atoms with E-state index < -0.39 is 0 Å². The monoisotopic (exact) mass is 446 g/mol. The number of aryl methyl sites for hydroxylation is 2. The normalized spacial score (nSPS) is 18.3. The van der Waals surface area contributed by atoms with E-state index in [1.54, 1.807) is 0 Å². The Labute approximate surface area is 194 Å². The summed E-state index contributed by atoms with van der Waals surface area (Å²) in [5, 5.41) is 7.59. The maximum Gasteiger partial charge on any atom is 0.323 e. The number of esters is 1. The zero-order chi connectivity index (χ0) is 23.4. The number of nitrogens with zero attached hydrogens (tertiary/aromatic N) is 3. The lowest BCUT2D eigenvalue weighted by atomic mass is 10.1. The summed E-state index contributed by atoms with van der Waals surface area (Å²) in [7, 11) is 1.41. The molecule has 1 aliphatic rings. The van der Waals surface area contributed by atoms with Gasteiger partial charge in [-0.2, -0.15) is 5.10 Å². The van der Waals surface area contributed by atoms with Crippen molar-refractivity contribution in [3.05, 3.63) is 88.7 Å². The predicted molar refractivity (Wildman–Crippen MR) is 126 cm³/mol. The fourth-order valence-corrected chi connectivity index (χ4v) is 4.42. The molecule has 172 valence electrons. The molecule has 1 aliphatic heterocycles. The van der Waals surface area contributed by atoms with E-state index in [4.69, 9.17) is 4.74 Å². The highest BCUT2D eigenvalue weighted by Crippen LogP contribution is 2.22. The molecule has 1 N–H and O–H groups in total. The van der Waals surface area contributed by atoms with E-state index in [-0.39, 0.29) is 24.0 Å². The molecule has 0 radical (unpaired) electrons. The van der Waals surface area contributed by atoms with Crippen LogP contribution in [0.25, 0.3) is 0 Å². The standard InChI is InChI=1S/C26H30N4O3/c1-18-13-19(2)30(28-18)16-21-9-11-22(12-10-21)25(31)27-23-14-24(26(32)33-3)29(17-23)15-20-7-5-4-6-8-20/h4-13,23-24H,14-17H2,1-3H3,(H,27,31)/t23-,24+/m1/s1. The Kier molecular flexibility index (Phi) is 6.89. The Morgan fingerprint density at radius 3 is 2.36 bits per heavy atom. The number of nitrogens with one attached hydrogen (secondary N) is 1. The van der Waals surface area contributed by atoms with Gasteiger partial charge in [0, 0.05) is 30.4 Å². The Hall–Kier alpha value is -3.45. The van der Waals surface area contributed by atoms with Crippen molar-refractivity contribution >= 4 is 11.9 Å². The van der Waals surface area contributed by atoms with Gasteiger partial charge in [0.05, 0.1) is 19.3 Å². The van der Waals surface area contributed by atoms with Crippen LogP contribution in [0, 0.1) is 13.8 Å². The van der Waals surface area contributed by atoms with Crippen LogP contribution in [0.5, 0.6) is 0 Å². The molecule has 1 amide bonds. The average Bonchev–Trinajstić information content (AvgIpc) is 3.35. The third kappa shape index (κ3) is 5.49. The Morgan fingerprint density at radius 1 is 1.03 bits per heavy atom. The molecule has 7 nitrogen and oxygen atoms in total. The molecule has 2 aromatic carbocycles. The van der Waals surface area contributed by atoms with Gasteiger partial charge in [-0.1, -0.05) is 42.5 Å². The lowest BCUT2D eigenvalue weighted by Gasteiger charge is -2.22. The summed E-state index contributed by atoms with van der Waals surface area (Å²) >= 11 is 0. The van der Waals surface area contributed by atoms with Gasteiger partial charge in [0.2, 0.25) is 0 Å². The lowest BCUT2D eigenvalue weighted by molar-refractivity contribution is -0.146. The van der Waals surface area contributed by atoms with Crippen LogP contribution in [0.15, 0.2) is 60.7 Å². The first-order valence-electron chi connectivity index (χ1n) is 11.2. The third-order valence-corrected chi connectivity index (χ3v) is 6.09. The van der Waals surface area contributed by atoms with E-state index in [2.05, 4.69) is 15.3 Å². The fraction of sp³-hybridized carbons (Fsp3) is 0.346. The summed E-state index contributed by atoms with van der Waals surface area (Å²) < 4.78 is 6.97. The number of rotatable bonds is 7. The highest BCUT2D eigenvalue weighted by Gasteiger charge is 2.38. The van der Waals surface area contributed by atoms with Crippen molar-refractivity contribution in [2.45, 2.75) is 45.4 Å². The molecule has 3 aromatic rings. The Bertz CT molecular complexity index is 1110. The van der Waals surface area contributed by atoms with Gasteiger partial charge in [-0.25, -0.2) is 0 Å². The average molecular weight is 447 g/mol. The molecular formula is C26H30N4O3. The number of amides is 1. The van der Waals surface area contributed by atoms with Crippen molar-refractivity contribution in [3.63, 3.8) is 0 Å². The van der Waals surface area contributed by atoms with E-state index in [1.807, 2.05) is 79.2 Å². The number of carbonyl (C=O) groups excluding carboxylic acids is 2. The molecule has 1 fully saturated rings. The molecule has 1 saturated heterocycles. The van der Waals surface area contributed by atoms with E-state index in [1.165, 1.54) is 7.11 Å². The summed E-state index contributed by atoms with van der Waals surface area (Å²) in [4.78, 5) is 27.3. The first-order chi connectivity index (χ1) is 15.9. The number of likely N-dealkylation sites (tertiary alicyclic amines) is 1. The first-order valence-corrected chi connectivity index (χ1v) is 11.2. The summed E-state index contributed by atoms with van der Waals surface area (Å²) in [6.45, 7) is 5.90. The topological polar surface area (TPSA) is 76.5 Å². The molecule has 2 heterocycles. The molecular weight excluding hydrogens is 416 g/mol. The van der Waals surface area contributed by atoms with Crippen molar-refractivity contribution in [1.29, 1.82) is 0 Å². The first kappa shape index (κ1) is 22.7. The van der Waals surface area contributed by atoms with Crippen LogP contribution in [-0.2, 0) is 22.6 Å². The van der Waals surface area contributed by atoms with Crippen molar-refractivity contribution in [3.8, 4) is 0 Å². The predicted octanol–water partition coefficient (Wildman–Crippen LogP) is 3.09. The third-order valence-electron chi connectivity index (χ3n) is 6.09. The molecule has 33 heavy (non-hydrogen) atoms. The number of hydrogen-bond donors (Lipinski definition) is 1. The van der Waals surface area contributed by atoms with Gasteiger partial charge in [0.15, 0.2) is 0 Å². The zero-order valence-corrected chi connectivity index (χ0v) is 19.3. The van der Waals surface area contributed by atoms with Gasteiger partial charge >= 0.3 is 5.97 Å². The Balaban J connectivity index is 1.39. The van der Waals surface area contributed by atoms with Gasteiger partial charge in [-0.05, 0) is 49.6 Å². The molecule has 4 rings (SSSR count). The number of methoxy groups -OCH3 is 1. The maximum atomic E-state index is 12.9. The Morgan fingerprint density at radius 2 is 1.73 bits per heavy atom. The molecule has 7 heteroatoms. The molecule has 0 spiro atoms. The summed E-state index contributed by atoms with van der Waals surface area (Å²) in [5.41, 5.74) is 4.90. The van der Waals surface area contributed by atoms with Gasteiger partial charge in [-0.3, -0.25) is 19.2 Å². The number of aromatic nitrogens is 2. The zero-order valence-electron chi connectivity index (χ0n) is 19.3. The number of hydrogen-bond acceptors (Lipinski definition) is 5. The van der Waals surface area contributed by atoms with Crippen LogP contribution in [0.2, 0.25) is 0 Å². The summed E-state index contributed by atoms with van der Waals surface area (Å²) in [5.74, 6) is -0.404. The minimum Gasteiger partial charge on any atom is -0.468 e. The van der Waals surface area contributed by atoms with Crippen molar-refractivity contribution in [2.24, 2.45) is 0 Å². The fourth-order valence-electron chi connectivity index (χ4n) is 4.42. The highest BCUT2D eigenvalue weighted by atomic mass is 16.5. The smallest absolute Gasteiger partial charge is 0.323 e. The highest BCUT2D eigenvalue weighted by molar-refractivity contribution is 5.94. The van der Waals surface area contributed by atoms with Crippen LogP contribution in [0.4, 0.5) is 0 Å². The van der Waals surface area contributed by atoms with E-state index in [0.717, 1.165) is 22.5 Å².